The van der Waals surface area contributed by atoms with Crippen molar-refractivity contribution in [1.29, 1.82) is 0 Å². The molecule has 0 bridgehead atoms. The SMILES string of the molecule is CCNC1CC(C)CCC1C(C)(C)C1CCC1. The van der Waals surface area contributed by atoms with Gasteiger partial charge in [0.05, 0.1) is 0 Å². The first-order valence-corrected chi connectivity index (χ1v) is 7.79. The quantitative estimate of drug-likeness (QED) is 0.771. The Morgan fingerprint density at radius 3 is 2.35 bits per heavy atom. The second kappa shape index (κ2) is 5.30. The van der Waals surface area contributed by atoms with Crippen LogP contribution in [0.15, 0.2) is 0 Å². The normalized spacial score (nSPS) is 35.6. The highest BCUT2D eigenvalue weighted by atomic mass is 14.9. The van der Waals surface area contributed by atoms with Crippen molar-refractivity contribution in [3.63, 3.8) is 0 Å². The Morgan fingerprint density at radius 2 is 1.82 bits per heavy atom. The summed E-state index contributed by atoms with van der Waals surface area (Å²) < 4.78 is 0. The first kappa shape index (κ1) is 13.4. The molecule has 2 fully saturated rings. The third kappa shape index (κ3) is 2.70. The van der Waals surface area contributed by atoms with Gasteiger partial charge in [0.15, 0.2) is 0 Å². The lowest BCUT2D eigenvalue weighted by molar-refractivity contribution is 0.00741. The summed E-state index contributed by atoms with van der Waals surface area (Å²) >= 11 is 0. The molecule has 0 aromatic heterocycles. The molecule has 1 nitrogen and oxygen atoms in total. The van der Waals surface area contributed by atoms with E-state index in [9.17, 15) is 0 Å². The lowest BCUT2D eigenvalue weighted by Gasteiger charge is -2.51. The van der Waals surface area contributed by atoms with Crippen LogP contribution in [0.1, 0.15) is 66.2 Å². The van der Waals surface area contributed by atoms with Gasteiger partial charge in [0.1, 0.15) is 0 Å². The zero-order chi connectivity index (χ0) is 12.5. The smallest absolute Gasteiger partial charge is 0.0103 e. The highest BCUT2D eigenvalue weighted by molar-refractivity contribution is 4.96. The van der Waals surface area contributed by atoms with Crippen molar-refractivity contribution in [2.24, 2.45) is 23.2 Å². The molecule has 0 heterocycles. The maximum Gasteiger partial charge on any atom is 0.0103 e. The first-order chi connectivity index (χ1) is 8.05. The van der Waals surface area contributed by atoms with E-state index in [2.05, 4.69) is 33.0 Å². The van der Waals surface area contributed by atoms with Gasteiger partial charge < -0.3 is 5.32 Å². The summed E-state index contributed by atoms with van der Waals surface area (Å²) in [5.74, 6) is 2.83. The summed E-state index contributed by atoms with van der Waals surface area (Å²) in [5.41, 5.74) is 0.561. The van der Waals surface area contributed by atoms with E-state index >= 15 is 0 Å². The molecule has 0 spiro atoms. The fourth-order valence-electron chi connectivity index (χ4n) is 4.21. The predicted molar refractivity (Wildman–Crippen MR) is 75.1 cm³/mol. The van der Waals surface area contributed by atoms with Crippen molar-refractivity contribution in [2.45, 2.75) is 72.3 Å². The molecular formula is C16H31N. The van der Waals surface area contributed by atoms with E-state index in [-0.39, 0.29) is 0 Å². The molecule has 1 heteroatoms. The summed E-state index contributed by atoms with van der Waals surface area (Å²) in [6.45, 7) is 10.9. The molecule has 3 unspecified atom stereocenters. The van der Waals surface area contributed by atoms with Crippen LogP contribution in [-0.2, 0) is 0 Å². The minimum absolute atomic E-state index is 0.561. The summed E-state index contributed by atoms with van der Waals surface area (Å²) in [6, 6.07) is 0.777. The fourth-order valence-corrected chi connectivity index (χ4v) is 4.21. The maximum absolute atomic E-state index is 3.77. The van der Waals surface area contributed by atoms with E-state index in [1.807, 2.05) is 0 Å². The highest BCUT2D eigenvalue weighted by Crippen LogP contribution is 2.51. The van der Waals surface area contributed by atoms with Crippen LogP contribution < -0.4 is 5.32 Å². The van der Waals surface area contributed by atoms with Crippen molar-refractivity contribution in [2.75, 3.05) is 6.54 Å². The molecule has 2 rings (SSSR count). The summed E-state index contributed by atoms with van der Waals surface area (Å²) in [7, 11) is 0. The number of hydrogen-bond donors (Lipinski definition) is 1. The lowest BCUT2D eigenvalue weighted by atomic mass is 9.56. The molecule has 3 atom stereocenters. The molecule has 2 aliphatic rings. The van der Waals surface area contributed by atoms with Crippen LogP contribution in [0.25, 0.3) is 0 Å². The predicted octanol–water partition coefficient (Wildman–Crippen LogP) is 4.23. The minimum Gasteiger partial charge on any atom is -0.314 e. The van der Waals surface area contributed by atoms with E-state index in [0.717, 1.165) is 30.3 Å². The van der Waals surface area contributed by atoms with E-state index < -0.39 is 0 Å². The van der Waals surface area contributed by atoms with Crippen molar-refractivity contribution in [3.05, 3.63) is 0 Å². The average molecular weight is 237 g/mol. The molecule has 2 aliphatic carbocycles. The Balaban J connectivity index is 2.05. The van der Waals surface area contributed by atoms with Gasteiger partial charge in [-0.3, -0.25) is 0 Å². The topological polar surface area (TPSA) is 12.0 Å². The zero-order valence-corrected chi connectivity index (χ0v) is 12.3. The van der Waals surface area contributed by atoms with Gasteiger partial charge >= 0.3 is 0 Å². The Morgan fingerprint density at radius 1 is 1.12 bits per heavy atom. The van der Waals surface area contributed by atoms with Crippen LogP contribution in [0.5, 0.6) is 0 Å². The highest BCUT2D eigenvalue weighted by Gasteiger charge is 2.44. The standard InChI is InChI=1S/C16H31N/c1-5-17-15-11-12(2)9-10-14(15)16(3,4)13-7-6-8-13/h12-15,17H,5-11H2,1-4H3. The van der Waals surface area contributed by atoms with Gasteiger partial charge in [-0.15, -0.1) is 0 Å². The van der Waals surface area contributed by atoms with Crippen LogP contribution in [0.4, 0.5) is 0 Å². The first-order valence-electron chi connectivity index (χ1n) is 7.79. The monoisotopic (exact) mass is 237 g/mol. The molecule has 0 saturated heterocycles. The second-order valence-electron chi connectivity index (χ2n) is 7.14. The number of nitrogens with one attached hydrogen (secondary N) is 1. The Kier molecular flexibility index (Phi) is 4.18. The van der Waals surface area contributed by atoms with Crippen LogP contribution >= 0.6 is 0 Å². The molecule has 17 heavy (non-hydrogen) atoms. The van der Waals surface area contributed by atoms with Crippen molar-refractivity contribution in [3.8, 4) is 0 Å². The van der Waals surface area contributed by atoms with E-state index in [0.29, 0.717) is 5.41 Å². The van der Waals surface area contributed by atoms with Gasteiger partial charge in [0.2, 0.25) is 0 Å². The summed E-state index contributed by atoms with van der Waals surface area (Å²) in [4.78, 5) is 0. The van der Waals surface area contributed by atoms with Crippen LogP contribution in [0.3, 0.4) is 0 Å². The minimum atomic E-state index is 0.561. The fraction of sp³-hybridized carbons (Fsp3) is 1.00. The van der Waals surface area contributed by atoms with Crippen LogP contribution in [-0.4, -0.2) is 12.6 Å². The molecule has 0 amide bonds. The van der Waals surface area contributed by atoms with E-state index in [4.69, 9.17) is 0 Å². The molecule has 1 N–H and O–H groups in total. The Bertz CT molecular complexity index is 242. The van der Waals surface area contributed by atoms with Crippen molar-refractivity contribution in [1.82, 2.24) is 5.32 Å². The molecule has 0 aliphatic heterocycles. The van der Waals surface area contributed by atoms with E-state index in [1.54, 1.807) is 0 Å². The Labute approximate surface area is 108 Å². The van der Waals surface area contributed by atoms with Crippen molar-refractivity contribution < 1.29 is 0 Å². The third-order valence-electron chi connectivity index (χ3n) is 5.69. The van der Waals surface area contributed by atoms with Crippen molar-refractivity contribution >= 4 is 0 Å². The molecule has 0 aromatic carbocycles. The van der Waals surface area contributed by atoms with Gasteiger partial charge in [-0.2, -0.15) is 0 Å². The molecule has 0 aromatic rings. The van der Waals surface area contributed by atoms with Gasteiger partial charge in [-0.1, -0.05) is 40.5 Å². The average Bonchev–Trinajstić information content (AvgIpc) is 2.14. The van der Waals surface area contributed by atoms with Crippen LogP contribution in [0, 0.1) is 23.2 Å². The molecular weight excluding hydrogens is 206 g/mol. The third-order valence-corrected chi connectivity index (χ3v) is 5.69. The maximum atomic E-state index is 3.77. The number of hydrogen-bond acceptors (Lipinski definition) is 1. The van der Waals surface area contributed by atoms with Gasteiger partial charge in [-0.25, -0.2) is 0 Å². The van der Waals surface area contributed by atoms with Crippen LogP contribution in [0.2, 0.25) is 0 Å². The molecule has 0 radical (unpaired) electrons. The molecule has 100 valence electrons. The van der Waals surface area contributed by atoms with Gasteiger partial charge in [0.25, 0.3) is 0 Å². The van der Waals surface area contributed by atoms with Gasteiger partial charge in [0, 0.05) is 6.04 Å². The Hall–Kier alpha value is -0.0400. The molecule has 2 saturated carbocycles. The number of rotatable bonds is 4. The largest absolute Gasteiger partial charge is 0.314 e. The zero-order valence-electron chi connectivity index (χ0n) is 12.3. The second-order valence-corrected chi connectivity index (χ2v) is 7.14. The van der Waals surface area contributed by atoms with Gasteiger partial charge in [-0.05, 0) is 55.4 Å². The van der Waals surface area contributed by atoms with E-state index in [1.165, 1.54) is 38.5 Å². The summed E-state index contributed by atoms with van der Waals surface area (Å²) in [5, 5.41) is 3.77. The summed E-state index contributed by atoms with van der Waals surface area (Å²) in [6.07, 6.45) is 8.73. The lowest BCUT2D eigenvalue weighted by Crippen LogP contribution is -2.50.